The molecule has 2 N–H and O–H groups in total. The molecule has 0 spiro atoms. The molecule has 1 fully saturated rings. The molecule has 0 aliphatic carbocycles. The maximum atomic E-state index is 12.9. The molecular weight excluding hydrogens is 470 g/mol. The number of anilines is 1. The molecule has 9 heteroatoms. The Morgan fingerprint density at radius 1 is 1.14 bits per heavy atom. The maximum Gasteiger partial charge on any atom is 0.275 e. The smallest absolute Gasteiger partial charge is 0.275 e. The zero-order valence-electron chi connectivity index (χ0n) is 20.1. The lowest BCUT2D eigenvalue weighted by Crippen LogP contribution is -2.44. The Morgan fingerprint density at radius 3 is 2.75 bits per heavy atom. The zero-order chi connectivity index (χ0) is 24.7. The quantitative estimate of drug-likeness (QED) is 0.388. The molecule has 8 nitrogen and oxygen atoms in total. The second kappa shape index (κ2) is 11.4. The molecule has 0 saturated carbocycles. The van der Waals surface area contributed by atoms with E-state index in [1.807, 2.05) is 54.7 Å². The molecule has 2 aromatic carbocycles. The molecule has 5 rings (SSSR count). The van der Waals surface area contributed by atoms with E-state index in [0.717, 1.165) is 55.0 Å². The van der Waals surface area contributed by atoms with Gasteiger partial charge in [0.25, 0.3) is 5.91 Å². The van der Waals surface area contributed by atoms with Gasteiger partial charge in [0.15, 0.2) is 4.80 Å². The van der Waals surface area contributed by atoms with Gasteiger partial charge < -0.3 is 15.5 Å². The largest absolute Gasteiger partial charge is 0.320 e. The van der Waals surface area contributed by atoms with E-state index in [2.05, 4.69) is 42.0 Å². The Balaban J connectivity index is 1.30. The van der Waals surface area contributed by atoms with E-state index >= 15 is 0 Å². The van der Waals surface area contributed by atoms with Gasteiger partial charge in [-0.05, 0) is 23.8 Å². The fourth-order valence-electron chi connectivity index (χ4n) is 4.24. The summed E-state index contributed by atoms with van der Waals surface area (Å²) in [5.74, 6) is -0.298. The molecule has 1 amide bonds. The van der Waals surface area contributed by atoms with Crippen LogP contribution in [0.3, 0.4) is 0 Å². The van der Waals surface area contributed by atoms with Gasteiger partial charge >= 0.3 is 0 Å². The first-order valence-corrected chi connectivity index (χ1v) is 13.0. The lowest BCUT2D eigenvalue weighted by Gasteiger charge is -2.27. The van der Waals surface area contributed by atoms with Crippen molar-refractivity contribution in [1.29, 1.82) is 0 Å². The molecule has 1 aliphatic rings. The fraction of sp³-hybridized carbons (Fsp3) is 0.259. The highest BCUT2D eigenvalue weighted by atomic mass is 32.1. The van der Waals surface area contributed by atoms with Crippen LogP contribution in [0.2, 0.25) is 0 Å². The summed E-state index contributed by atoms with van der Waals surface area (Å²) in [4.78, 5) is 30.0. The highest BCUT2D eigenvalue weighted by molar-refractivity contribution is 7.07. The lowest BCUT2D eigenvalue weighted by atomic mass is 10.1. The van der Waals surface area contributed by atoms with Gasteiger partial charge in [-0.1, -0.05) is 36.9 Å². The normalized spacial score (nSPS) is 14.7. The molecule has 3 heterocycles. The van der Waals surface area contributed by atoms with Crippen LogP contribution in [0.4, 0.5) is 5.69 Å². The maximum absolute atomic E-state index is 12.9. The van der Waals surface area contributed by atoms with Crippen molar-refractivity contribution >= 4 is 40.2 Å². The third-order valence-corrected chi connectivity index (χ3v) is 7.15. The minimum absolute atomic E-state index is 0.275. The number of piperazine rings is 1. The summed E-state index contributed by atoms with van der Waals surface area (Å²) in [7, 11) is 0. The molecule has 2 aromatic heterocycles. The summed E-state index contributed by atoms with van der Waals surface area (Å²) in [6.07, 6.45) is 4.29. The average molecular weight is 500 g/mol. The third-order valence-electron chi connectivity index (χ3n) is 6.22. The summed E-state index contributed by atoms with van der Waals surface area (Å²) in [5, 5.41) is 8.54. The molecule has 0 bridgehead atoms. The predicted molar refractivity (Wildman–Crippen MR) is 145 cm³/mol. The number of nitrogens with one attached hydrogen (secondary N) is 2. The van der Waals surface area contributed by atoms with Gasteiger partial charge in [0.1, 0.15) is 5.69 Å². The first kappa shape index (κ1) is 24.1. The topological polar surface area (TPSA) is 87.4 Å². The molecule has 4 aromatic rings. The number of nitrogens with zero attached hydrogens (tertiary/aromatic N) is 5. The van der Waals surface area contributed by atoms with Crippen LogP contribution in [0.5, 0.6) is 0 Å². The number of hydrogen-bond donors (Lipinski definition) is 2. The number of fused-ring (bicyclic) bond motifs is 1. The Labute approximate surface area is 214 Å². The highest BCUT2D eigenvalue weighted by Crippen LogP contribution is 2.18. The SMILES string of the molecule is C=Cn1c(CCN2CCNCC2)csc1=NCc1ccccc1NC(=O)c1cnc2ccccc2n1. The molecule has 1 saturated heterocycles. The molecule has 184 valence electrons. The Hall–Kier alpha value is -3.66. The molecule has 0 atom stereocenters. The Kier molecular flexibility index (Phi) is 7.61. The number of thiazole rings is 1. The van der Waals surface area contributed by atoms with Crippen LogP contribution in [0.25, 0.3) is 17.2 Å². The second-order valence-corrected chi connectivity index (χ2v) is 9.41. The molecule has 0 radical (unpaired) electrons. The van der Waals surface area contributed by atoms with Crippen molar-refractivity contribution in [2.24, 2.45) is 4.99 Å². The second-order valence-electron chi connectivity index (χ2n) is 8.58. The summed E-state index contributed by atoms with van der Waals surface area (Å²) in [5.41, 5.74) is 4.56. The van der Waals surface area contributed by atoms with Crippen LogP contribution in [-0.4, -0.2) is 58.1 Å². The van der Waals surface area contributed by atoms with E-state index in [1.165, 1.54) is 11.9 Å². The highest BCUT2D eigenvalue weighted by Gasteiger charge is 2.13. The summed E-state index contributed by atoms with van der Waals surface area (Å²) in [6, 6.07) is 15.2. The van der Waals surface area contributed by atoms with E-state index in [9.17, 15) is 4.79 Å². The number of aromatic nitrogens is 3. The van der Waals surface area contributed by atoms with Gasteiger partial charge in [-0.3, -0.25) is 19.3 Å². The number of rotatable bonds is 8. The van der Waals surface area contributed by atoms with Gasteiger partial charge in [-0.25, -0.2) is 4.98 Å². The first-order valence-electron chi connectivity index (χ1n) is 12.1. The Bertz CT molecular complexity index is 1440. The van der Waals surface area contributed by atoms with Gasteiger partial charge in [0.2, 0.25) is 0 Å². The van der Waals surface area contributed by atoms with Crippen molar-refractivity contribution in [2.75, 3.05) is 38.0 Å². The standard InChI is InChI=1S/C27H29N7OS/c1-2-34-21(11-14-33-15-12-28-13-16-33)19-36-27(34)30-17-20-7-3-4-8-22(20)32-26(35)25-18-29-23-9-5-6-10-24(23)31-25/h2-10,18-19,28H,1,11-17H2,(H,32,35). The monoisotopic (exact) mass is 499 g/mol. The molecular formula is C27H29N7OS. The van der Waals surface area contributed by atoms with E-state index in [-0.39, 0.29) is 11.6 Å². The van der Waals surface area contributed by atoms with E-state index in [0.29, 0.717) is 17.7 Å². The number of para-hydroxylation sites is 3. The summed E-state index contributed by atoms with van der Waals surface area (Å²) in [6.45, 7) is 9.74. The van der Waals surface area contributed by atoms with Crippen LogP contribution in [0, 0.1) is 0 Å². The van der Waals surface area contributed by atoms with Gasteiger partial charge in [0, 0.05) is 62.1 Å². The number of amides is 1. The molecule has 0 unspecified atom stereocenters. The van der Waals surface area contributed by atoms with Crippen molar-refractivity contribution in [3.05, 3.63) is 88.4 Å². The van der Waals surface area contributed by atoms with Crippen molar-refractivity contribution in [2.45, 2.75) is 13.0 Å². The number of carbonyl (C=O) groups excluding carboxylic acids is 1. The van der Waals surface area contributed by atoms with Crippen LogP contribution in [-0.2, 0) is 13.0 Å². The minimum atomic E-state index is -0.298. The minimum Gasteiger partial charge on any atom is -0.320 e. The number of hydrogen-bond acceptors (Lipinski definition) is 7. The van der Waals surface area contributed by atoms with E-state index in [1.54, 1.807) is 11.3 Å². The molecule has 36 heavy (non-hydrogen) atoms. The van der Waals surface area contributed by atoms with Crippen LogP contribution >= 0.6 is 11.3 Å². The van der Waals surface area contributed by atoms with Gasteiger partial charge in [-0.2, -0.15) is 0 Å². The third kappa shape index (κ3) is 5.59. The number of carbonyl (C=O) groups is 1. The van der Waals surface area contributed by atoms with Crippen molar-refractivity contribution in [3.63, 3.8) is 0 Å². The van der Waals surface area contributed by atoms with Crippen molar-refractivity contribution in [3.8, 4) is 0 Å². The van der Waals surface area contributed by atoms with Crippen molar-refractivity contribution in [1.82, 2.24) is 24.8 Å². The first-order chi connectivity index (χ1) is 17.7. The van der Waals surface area contributed by atoms with Crippen LogP contribution < -0.4 is 15.4 Å². The van der Waals surface area contributed by atoms with Gasteiger partial charge in [-0.15, -0.1) is 11.3 Å². The molecule has 1 aliphatic heterocycles. The van der Waals surface area contributed by atoms with Gasteiger partial charge in [0.05, 0.1) is 23.8 Å². The van der Waals surface area contributed by atoms with E-state index < -0.39 is 0 Å². The summed E-state index contributed by atoms with van der Waals surface area (Å²) >= 11 is 1.61. The zero-order valence-corrected chi connectivity index (χ0v) is 20.9. The lowest BCUT2D eigenvalue weighted by molar-refractivity contribution is 0.102. The average Bonchev–Trinajstić information content (AvgIpc) is 3.33. The Morgan fingerprint density at radius 2 is 1.92 bits per heavy atom. The van der Waals surface area contributed by atoms with Crippen molar-refractivity contribution < 1.29 is 4.79 Å². The van der Waals surface area contributed by atoms with Crippen LogP contribution in [0.1, 0.15) is 21.7 Å². The summed E-state index contributed by atoms with van der Waals surface area (Å²) < 4.78 is 2.07. The fourth-order valence-corrected chi connectivity index (χ4v) is 5.16. The number of benzene rings is 2. The van der Waals surface area contributed by atoms with E-state index in [4.69, 9.17) is 4.99 Å². The predicted octanol–water partition coefficient (Wildman–Crippen LogP) is 3.39. The van der Waals surface area contributed by atoms with Crippen LogP contribution in [0.15, 0.2) is 71.7 Å².